The summed E-state index contributed by atoms with van der Waals surface area (Å²) in [4.78, 5) is 22.8. The van der Waals surface area contributed by atoms with Gasteiger partial charge in [0.05, 0.1) is 24.9 Å². The zero-order valence-corrected chi connectivity index (χ0v) is 13.5. The quantitative estimate of drug-likeness (QED) is 0.847. The minimum Gasteiger partial charge on any atom is -0.463 e. The molecule has 0 aliphatic carbocycles. The van der Waals surface area contributed by atoms with Crippen LogP contribution in [0.15, 0.2) is 35.1 Å². The van der Waals surface area contributed by atoms with Gasteiger partial charge in [-0.25, -0.2) is 9.97 Å². The van der Waals surface area contributed by atoms with E-state index in [1.54, 1.807) is 18.3 Å². The molecule has 0 unspecified atom stereocenters. The van der Waals surface area contributed by atoms with E-state index in [9.17, 15) is 4.79 Å². The molecule has 0 N–H and O–H groups in total. The number of likely N-dealkylation sites (tertiary alicyclic amines) is 1. The third-order valence-corrected chi connectivity index (χ3v) is 4.80. The molecule has 2 aliphatic rings. The highest BCUT2D eigenvalue weighted by atomic mass is 16.5. The number of carbonyl (C=O) groups excluding carboxylic acids is 1. The third kappa shape index (κ3) is 2.65. The van der Waals surface area contributed by atoms with Crippen LogP contribution >= 0.6 is 0 Å². The van der Waals surface area contributed by atoms with Gasteiger partial charge in [0, 0.05) is 30.9 Å². The summed E-state index contributed by atoms with van der Waals surface area (Å²) < 4.78 is 16.7. The van der Waals surface area contributed by atoms with Crippen LogP contribution in [-0.4, -0.2) is 53.7 Å². The highest BCUT2D eigenvalue weighted by Crippen LogP contribution is 2.42. The van der Waals surface area contributed by atoms with Crippen LogP contribution in [0.3, 0.4) is 0 Å². The fourth-order valence-electron chi connectivity index (χ4n) is 3.45. The lowest BCUT2D eigenvalue weighted by molar-refractivity contribution is 0.0625. The normalized spacial score (nSPS) is 25.7. The van der Waals surface area contributed by atoms with Crippen molar-refractivity contribution in [2.45, 2.75) is 6.92 Å². The van der Waals surface area contributed by atoms with E-state index in [-0.39, 0.29) is 17.2 Å². The summed E-state index contributed by atoms with van der Waals surface area (Å²) in [7, 11) is 0. The molecule has 4 rings (SSSR count). The number of ether oxygens (including phenoxy) is 2. The van der Waals surface area contributed by atoms with Gasteiger partial charge >= 0.3 is 6.01 Å². The number of furan rings is 1. The van der Waals surface area contributed by atoms with Crippen LogP contribution in [0.1, 0.15) is 16.2 Å². The minimum atomic E-state index is -0.213. The molecule has 0 saturated carbocycles. The van der Waals surface area contributed by atoms with Gasteiger partial charge in [0.15, 0.2) is 5.76 Å². The topological polar surface area (TPSA) is 77.7 Å². The van der Waals surface area contributed by atoms with Crippen LogP contribution in [-0.2, 0) is 4.74 Å². The second kappa shape index (κ2) is 5.90. The Bertz CT molecular complexity index is 733. The van der Waals surface area contributed by atoms with E-state index < -0.39 is 0 Å². The molecule has 0 aromatic carbocycles. The number of aromatic nitrogens is 2. The van der Waals surface area contributed by atoms with Gasteiger partial charge < -0.3 is 18.8 Å². The molecule has 2 aromatic heterocycles. The van der Waals surface area contributed by atoms with Gasteiger partial charge in [-0.3, -0.25) is 4.79 Å². The van der Waals surface area contributed by atoms with Gasteiger partial charge in [-0.1, -0.05) is 0 Å². The zero-order chi connectivity index (χ0) is 16.6. The molecule has 2 fully saturated rings. The minimum absolute atomic E-state index is 0.0828. The standard InChI is InChI=1S/C17H19N3O4/c1-12-4-5-18-16(19-12)24-11-17-9-20(7-13(17)8-22-10-17)15(21)14-3-2-6-23-14/h2-6,13H,7-11H2,1H3/t13-,17+/m0/s1. The molecule has 2 aromatic rings. The zero-order valence-electron chi connectivity index (χ0n) is 13.5. The Morgan fingerprint density at radius 3 is 3.21 bits per heavy atom. The van der Waals surface area contributed by atoms with E-state index >= 15 is 0 Å². The van der Waals surface area contributed by atoms with Crippen LogP contribution in [0, 0.1) is 18.3 Å². The van der Waals surface area contributed by atoms with Gasteiger partial charge in [0.2, 0.25) is 0 Å². The summed E-state index contributed by atoms with van der Waals surface area (Å²) in [6.45, 7) is 4.78. The summed E-state index contributed by atoms with van der Waals surface area (Å²) in [5, 5.41) is 0. The predicted octanol–water partition coefficient (Wildman–Crippen LogP) is 1.55. The lowest BCUT2D eigenvalue weighted by atomic mass is 9.82. The molecule has 1 amide bonds. The number of nitrogens with zero attached hydrogens (tertiary/aromatic N) is 3. The molecular weight excluding hydrogens is 310 g/mol. The second-order valence-electron chi connectivity index (χ2n) is 6.51. The van der Waals surface area contributed by atoms with Crippen molar-refractivity contribution >= 4 is 5.91 Å². The van der Waals surface area contributed by atoms with E-state index in [1.807, 2.05) is 17.9 Å². The van der Waals surface area contributed by atoms with Crippen molar-refractivity contribution in [3.8, 4) is 6.01 Å². The van der Waals surface area contributed by atoms with E-state index in [2.05, 4.69) is 9.97 Å². The van der Waals surface area contributed by atoms with Crippen molar-refractivity contribution < 1.29 is 18.7 Å². The third-order valence-electron chi connectivity index (χ3n) is 4.80. The lowest BCUT2D eigenvalue weighted by Crippen LogP contribution is -2.38. The van der Waals surface area contributed by atoms with E-state index in [1.165, 1.54) is 6.26 Å². The van der Waals surface area contributed by atoms with Crippen LogP contribution in [0.2, 0.25) is 0 Å². The Morgan fingerprint density at radius 2 is 2.42 bits per heavy atom. The number of hydrogen-bond donors (Lipinski definition) is 0. The largest absolute Gasteiger partial charge is 0.463 e. The first-order valence-electron chi connectivity index (χ1n) is 7.99. The van der Waals surface area contributed by atoms with E-state index in [0.717, 1.165) is 5.69 Å². The molecule has 0 radical (unpaired) electrons. The van der Waals surface area contributed by atoms with Crippen LogP contribution in [0.5, 0.6) is 6.01 Å². The van der Waals surface area contributed by atoms with Crippen LogP contribution in [0.4, 0.5) is 0 Å². The SMILES string of the molecule is Cc1ccnc(OC[C@@]23COC[C@@H]2CN(C(=O)c2ccco2)C3)n1. The van der Waals surface area contributed by atoms with Crippen LogP contribution < -0.4 is 4.74 Å². The first-order chi connectivity index (χ1) is 11.7. The van der Waals surface area contributed by atoms with Crippen molar-refractivity contribution in [1.29, 1.82) is 0 Å². The number of amides is 1. The van der Waals surface area contributed by atoms with Crippen molar-refractivity contribution in [3.63, 3.8) is 0 Å². The highest BCUT2D eigenvalue weighted by Gasteiger charge is 2.53. The molecule has 2 saturated heterocycles. The van der Waals surface area contributed by atoms with Crippen molar-refractivity contribution in [1.82, 2.24) is 14.9 Å². The molecule has 126 valence electrons. The van der Waals surface area contributed by atoms with Crippen molar-refractivity contribution in [2.75, 3.05) is 32.9 Å². The molecule has 4 heterocycles. The lowest BCUT2D eigenvalue weighted by Gasteiger charge is -2.26. The number of fused-ring (bicyclic) bond motifs is 1. The number of aryl methyl sites for hydroxylation is 1. The maximum absolute atomic E-state index is 12.5. The van der Waals surface area contributed by atoms with Gasteiger partial charge in [0.1, 0.15) is 6.61 Å². The van der Waals surface area contributed by atoms with Crippen molar-refractivity contribution in [3.05, 3.63) is 42.1 Å². The number of rotatable bonds is 4. The highest BCUT2D eigenvalue weighted by molar-refractivity contribution is 5.91. The molecule has 0 spiro atoms. The van der Waals surface area contributed by atoms with Gasteiger partial charge in [0.25, 0.3) is 5.91 Å². The fourth-order valence-corrected chi connectivity index (χ4v) is 3.45. The number of carbonyl (C=O) groups is 1. The van der Waals surface area contributed by atoms with Crippen LogP contribution in [0.25, 0.3) is 0 Å². The molecule has 2 aliphatic heterocycles. The van der Waals surface area contributed by atoms with Gasteiger partial charge in [-0.2, -0.15) is 0 Å². The average Bonchev–Trinajstić information content (AvgIpc) is 3.28. The Morgan fingerprint density at radius 1 is 1.50 bits per heavy atom. The predicted molar refractivity (Wildman–Crippen MR) is 83.6 cm³/mol. The smallest absolute Gasteiger partial charge is 0.316 e. The van der Waals surface area contributed by atoms with Crippen molar-refractivity contribution in [2.24, 2.45) is 11.3 Å². The Hall–Kier alpha value is -2.41. The first-order valence-corrected chi connectivity index (χ1v) is 7.99. The Labute approximate surface area is 139 Å². The number of hydrogen-bond acceptors (Lipinski definition) is 6. The van der Waals surface area contributed by atoms with E-state index in [4.69, 9.17) is 13.9 Å². The summed E-state index contributed by atoms with van der Waals surface area (Å²) in [6.07, 6.45) is 3.19. The Balaban J connectivity index is 1.47. The molecule has 7 nitrogen and oxygen atoms in total. The summed E-state index contributed by atoms with van der Waals surface area (Å²) in [5.74, 6) is 0.538. The second-order valence-corrected chi connectivity index (χ2v) is 6.51. The van der Waals surface area contributed by atoms with Gasteiger partial charge in [-0.05, 0) is 25.1 Å². The van der Waals surface area contributed by atoms with E-state index in [0.29, 0.717) is 44.7 Å². The van der Waals surface area contributed by atoms with Gasteiger partial charge in [-0.15, -0.1) is 0 Å². The fraction of sp³-hybridized carbons (Fsp3) is 0.471. The maximum atomic E-state index is 12.5. The molecule has 7 heteroatoms. The summed E-state index contributed by atoms with van der Waals surface area (Å²) >= 11 is 0. The monoisotopic (exact) mass is 329 g/mol. The molecule has 0 bridgehead atoms. The summed E-state index contributed by atoms with van der Waals surface area (Å²) in [5.41, 5.74) is 0.646. The summed E-state index contributed by atoms with van der Waals surface area (Å²) in [6, 6.07) is 5.61. The average molecular weight is 329 g/mol. The maximum Gasteiger partial charge on any atom is 0.316 e. The Kier molecular flexibility index (Phi) is 3.72. The molecular formula is C17H19N3O4. The molecule has 2 atom stereocenters. The molecule has 24 heavy (non-hydrogen) atoms. The first kappa shape index (κ1) is 15.1.